The van der Waals surface area contributed by atoms with Gasteiger partial charge < -0.3 is 20.4 Å². The predicted molar refractivity (Wildman–Crippen MR) is 118 cm³/mol. The normalized spacial score (nSPS) is 14.0. The topological polar surface area (TPSA) is 90.5 Å². The minimum Gasteiger partial charge on any atom is -0.368 e. The van der Waals surface area contributed by atoms with Gasteiger partial charge in [0, 0.05) is 63.7 Å². The van der Waals surface area contributed by atoms with E-state index in [-0.39, 0.29) is 17.7 Å². The predicted octanol–water partition coefficient (Wildman–Crippen LogP) is 2.00. The van der Waals surface area contributed by atoms with Crippen molar-refractivity contribution in [2.75, 3.05) is 49.5 Å². The highest BCUT2D eigenvalue weighted by atomic mass is 16.2. The highest BCUT2D eigenvalue weighted by molar-refractivity contribution is 5.78. The molecule has 30 heavy (non-hydrogen) atoms. The number of benzene rings is 1. The largest absolute Gasteiger partial charge is 0.368 e. The highest BCUT2D eigenvalue weighted by Gasteiger charge is 2.24. The van der Waals surface area contributed by atoms with Crippen LogP contribution in [0.15, 0.2) is 36.4 Å². The molecule has 8 nitrogen and oxygen atoms in total. The molecule has 1 saturated heterocycles. The van der Waals surface area contributed by atoms with Gasteiger partial charge in [0.25, 0.3) is 0 Å². The van der Waals surface area contributed by atoms with Crippen molar-refractivity contribution >= 4 is 23.5 Å². The summed E-state index contributed by atoms with van der Waals surface area (Å²) in [6.07, 6.45) is 0. The molecule has 1 aliphatic heterocycles. The van der Waals surface area contributed by atoms with E-state index in [2.05, 4.69) is 20.5 Å². The van der Waals surface area contributed by atoms with Gasteiger partial charge in [0.1, 0.15) is 11.6 Å². The molecule has 0 atom stereocenters. The first-order valence-electron chi connectivity index (χ1n) is 10.4. The van der Waals surface area contributed by atoms with Gasteiger partial charge in [0.05, 0.1) is 0 Å². The Balaban J connectivity index is 1.76. The molecule has 160 valence electrons. The average molecular weight is 411 g/mol. The van der Waals surface area contributed by atoms with E-state index in [0.29, 0.717) is 37.8 Å². The first-order chi connectivity index (χ1) is 14.4. The number of amides is 2. The first kappa shape index (κ1) is 21.5. The second kappa shape index (κ2) is 10.0. The second-order valence-electron chi connectivity index (χ2n) is 7.68. The lowest BCUT2D eigenvalue weighted by atomic mass is 10.1. The van der Waals surface area contributed by atoms with Crippen LogP contribution in [0.1, 0.15) is 20.8 Å². The SMILES string of the molecule is CC(=O)NCCNc1cc(N2CCN(C(=O)C(C)C)CC2)nc(-c2ccccc2)n1. The minimum atomic E-state index is -0.0565. The lowest BCUT2D eigenvalue weighted by Crippen LogP contribution is -2.50. The van der Waals surface area contributed by atoms with Crippen molar-refractivity contribution in [3.8, 4) is 11.4 Å². The molecule has 8 heteroatoms. The zero-order chi connectivity index (χ0) is 21.5. The minimum absolute atomic E-state index is 0.0136. The Kier molecular flexibility index (Phi) is 7.21. The fourth-order valence-electron chi connectivity index (χ4n) is 3.35. The summed E-state index contributed by atoms with van der Waals surface area (Å²) < 4.78 is 0. The van der Waals surface area contributed by atoms with Gasteiger partial charge >= 0.3 is 0 Å². The van der Waals surface area contributed by atoms with Crippen LogP contribution in [0.5, 0.6) is 0 Å². The maximum atomic E-state index is 12.3. The van der Waals surface area contributed by atoms with Crippen molar-refractivity contribution in [3.05, 3.63) is 36.4 Å². The van der Waals surface area contributed by atoms with Crippen molar-refractivity contribution in [1.29, 1.82) is 0 Å². The number of aromatic nitrogens is 2. The van der Waals surface area contributed by atoms with Crippen molar-refractivity contribution in [2.45, 2.75) is 20.8 Å². The lowest BCUT2D eigenvalue weighted by Gasteiger charge is -2.36. The van der Waals surface area contributed by atoms with Gasteiger partial charge in [-0.15, -0.1) is 0 Å². The first-order valence-corrected chi connectivity index (χ1v) is 10.4. The summed E-state index contributed by atoms with van der Waals surface area (Å²) in [5.41, 5.74) is 0.942. The lowest BCUT2D eigenvalue weighted by molar-refractivity contribution is -0.134. The number of nitrogens with zero attached hydrogens (tertiary/aromatic N) is 4. The van der Waals surface area contributed by atoms with Gasteiger partial charge in [-0.05, 0) is 0 Å². The summed E-state index contributed by atoms with van der Waals surface area (Å²) in [4.78, 5) is 36.9. The molecule has 0 spiro atoms. The van der Waals surface area contributed by atoms with Crippen LogP contribution < -0.4 is 15.5 Å². The summed E-state index contributed by atoms with van der Waals surface area (Å²) >= 11 is 0. The molecule has 2 N–H and O–H groups in total. The summed E-state index contributed by atoms with van der Waals surface area (Å²) in [6, 6.07) is 11.8. The van der Waals surface area contributed by atoms with E-state index in [4.69, 9.17) is 4.98 Å². The van der Waals surface area contributed by atoms with Gasteiger partial charge in [0.2, 0.25) is 11.8 Å². The molecule has 0 saturated carbocycles. The Morgan fingerprint density at radius 3 is 2.37 bits per heavy atom. The summed E-state index contributed by atoms with van der Waals surface area (Å²) in [7, 11) is 0. The maximum absolute atomic E-state index is 12.3. The van der Waals surface area contributed by atoms with E-state index in [1.807, 2.05) is 55.1 Å². The summed E-state index contributed by atoms with van der Waals surface area (Å²) in [5.74, 6) is 2.35. The van der Waals surface area contributed by atoms with Crippen LogP contribution in [0.25, 0.3) is 11.4 Å². The quantitative estimate of drug-likeness (QED) is 0.679. The number of anilines is 2. The molecule has 1 fully saturated rings. The Morgan fingerprint density at radius 2 is 1.73 bits per heavy atom. The van der Waals surface area contributed by atoms with Crippen LogP contribution in [-0.4, -0.2) is 66.0 Å². The molecule has 2 heterocycles. The molecular weight excluding hydrogens is 380 g/mol. The average Bonchev–Trinajstić information content (AvgIpc) is 2.76. The van der Waals surface area contributed by atoms with Crippen LogP contribution in [-0.2, 0) is 9.59 Å². The molecule has 0 bridgehead atoms. The van der Waals surface area contributed by atoms with Gasteiger partial charge in [-0.1, -0.05) is 44.2 Å². The molecule has 1 aliphatic rings. The monoisotopic (exact) mass is 410 g/mol. The van der Waals surface area contributed by atoms with E-state index < -0.39 is 0 Å². The molecule has 1 aromatic carbocycles. The Labute approximate surface area is 177 Å². The smallest absolute Gasteiger partial charge is 0.225 e. The van der Waals surface area contributed by atoms with E-state index in [1.54, 1.807) is 0 Å². The van der Waals surface area contributed by atoms with Crippen LogP contribution in [0.3, 0.4) is 0 Å². The third-order valence-electron chi connectivity index (χ3n) is 4.96. The number of hydrogen-bond acceptors (Lipinski definition) is 6. The van der Waals surface area contributed by atoms with Crippen molar-refractivity contribution in [1.82, 2.24) is 20.2 Å². The molecule has 0 aliphatic carbocycles. The third-order valence-corrected chi connectivity index (χ3v) is 4.96. The molecule has 2 amide bonds. The Bertz CT molecular complexity index is 863. The number of nitrogens with one attached hydrogen (secondary N) is 2. The number of piperazine rings is 1. The van der Waals surface area contributed by atoms with Crippen molar-refractivity contribution in [3.63, 3.8) is 0 Å². The van der Waals surface area contributed by atoms with Crippen LogP contribution in [0, 0.1) is 5.92 Å². The van der Waals surface area contributed by atoms with Crippen LogP contribution in [0.2, 0.25) is 0 Å². The second-order valence-corrected chi connectivity index (χ2v) is 7.68. The van der Waals surface area contributed by atoms with Gasteiger partial charge in [-0.3, -0.25) is 9.59 Å². The maximum Gasteiger partial charge on any atom is 0.225 e. The van der Waals surface area contributed by atoms with Crippen LogP contribution in [0.4, 0.5) is 11.6 Å². The molecule has 2 aromatic rings. The third kappa shape index (κ3) is 5.68. The van der Waals surface area contributed by atoms with Crippen molar-refractivity contribution in [2.24, 2.45) is 5.92 Å². The van der Waals surface area contributed by atoms with Crippen LogP contribution >= 0.6 is 0 Å². The number of rotatable bonds is 7. The zero-order valence-corrected chi connectivity index (χ0v) is 17.9. The van der Waals surface area contributed by atoms with E-state index in [1.165, 1.54) is 6.92 Å². The Hall–Kier alpha value is -3.16. The molecule has 3 rings (SSSR count). The van der Waals surface area contributed by atoms with Gasteiger partial charge in [0.15, 0.2) is 5.82 Å². The number of hydrogen-bond donors (Lipinski definition) is 2. The van der Waals surface area contributed by atoms with E-state index in [9.17, 15) is 9.59 Å². The molecular formula is C22H30N6O2. The summed E-state index contributed by atoms with van der Waals surface area (Å²) in [6.45, 7) is 9.30. The van der Waals surface area contributed by atoms with Gasteiger partial charge in [-0.2, -0.15) is 0 Å². The molecule has 0 unspecified atom stereocenters. The standard InChI is InChI=1S/C22H30N6O2/c1-16(2)22(30)28-13-11-27(12-14-28)20-15-19(24-10-9-23-17(3)29)25-21(26-20)18-7-5-4-6-8-18/h4-8,15-16H,9-14H2,1-3H3,(H,23,29)(H,24,25,26). The number of carbonyl (C=O) groups is 2. The fourth-order valence-corrected chi connectivity index (χ4v) is 3.35. The molecule has 1 aromatic heterocycles. The highest BCUT2D eigenvalue weighted by Crippen LogP contribution is 2.23. The Morgan fingerprint density at radius 1 is 1.03 bits per heavy atom. The van der Waals surface area contributed by atoms with Gasteiger partial charge in [-0.25, -0.2) is 9.97 Å². The van der Waals surface area contributed by atoms with E-state index >= 15 is 0 Å². The van der Waals surface area contributed by atoms with Crippen molar-refractivity contribution < 1.29 is 9.59 Å². The molecule has 0 radical (unpaired) electrons. The summed E-state index contributed by atoms with van der Waals surface area (Å²) in [5, 5.41) is 6.05. The zero-order valence-electron chi connectivity index (χ0n) is 17.9. The fraction of sp³-hybridized carbons (Fsp3) is 0.455. The number of carbonyl (C=O) groups excluding carboxylic acids is 2. The van der Waals surface area contributed by atoms with E-state index in [0.717, 1.165) is 24.5 Å².